The third kappa shape index (κ3) is 1.12. The van der Waals surface area contributed by atoms with Gasteiger partial charge in [-0.1, -0.05) is 0 Å². The first kappa shape index (κ1) is 8.77. The first-order chi connectivity index (χ1) is 7.41. The number of hydrogen-bond acceptors (Lipinski definition) is 2. The molecule has 15 heavy (non-hydrogen) atoms. The molecule has 0 aromatic carbocycles. The van der Waals surface area contributed by atoms with E-state index in [2.05, 4.69) is 16.8 Å². The largest absolute Gasteiger partial charge is 0.307 e. The van der Waals surface area contributed by atoms with Crippen molar-refractivity contribution in [3.05, 3.63) is 21.9 Å². The Balaban J connectivity index is 1.86. The second-order valence-corrected chi connectivity index (χ2v) is 6.35. The molecular formula is C13H17NS. The molecule has 4 rings (SSSR count). The van der Waals surface area contributed by atoms with Crippen LogP contribution in [0.1, 0.15) is 36.1 Å². The Morgan fingerprint density at radius 2 is 1.93 bits per heavy atom. The summed E-state index contributed by atoms with van der Waals surface area (Å²) in [4.78, 5) is 1.67. The topological polar surface area (TPSA) is 12.0 Å². The van der Waals surface area contributed by atoms with Crippen LogP contribution >= 0.6 is 11.3 Å². The van der Waals surface area contributed by atoms with Crippen LogP contribution in [0.25, 0.3) is 0 Å². The molecule has 0 amide bonds. The zero-order chi connectivity index (χ0) is 9.88. The second kappa shape index (κ2) is 2.86. The average molecular weight is 219 g/mol. The fourth-order valence-corrected chi connectivity index (χ4v) is 4.47. The van der Waals surface area contributed by atoms with Crippen molar-refractivity contribution in [3.8, 4) is 0 Å². The van der Waals surface area contributed by atoms with Crippen LogP contribution in [0.2, 0.25) is 0 Å². The number of fused-ring (bicyclic) bond motifs is 1. The molecule has 0 radical (unpaired) electrons. The Bertz CT molecular complexity index is 375. The molecule has 1 aliphatic heterocycles. The number of hydrogen-bond donors (Lipinski definition) is 1. The van der Waals surface area contributed by atoms with Crippen molar-refractivity contribution in [3.63, 3.8) is 0 Å². The Labute approximate surface area is 94.9 Å². The minimum absolute atomic E-state index is 0.424. The lowest BCUT2D eigenvalue weighted by atomic mass is 9.78. The van der Waals surface area contributed by atoms with Gasteiger partial charge >= 0.3 is 0 Å². The molecule has 0 saturated heterocycles. The van der Waals surface area contributed by atoms with Crippen molar-refractivity contribution in [1.29, 1.82) is 0 Å². The fourth-order valence-electron chi connectivity index (χ4n) is 3.52. The summed E-state index contributed by atoms with van der Waals surface area (Å²) >= 11 is 1.98. The molecule has 2 fully saturated rings. The van der Waals surface area contributed by atoms with E-state index in [9.17, 15) is 0 Å². The summed E-state index contributed by atoms with van der Waals surface area (Å²) in [5, 5.41) is 6.21. The molecule has 1 aromatic heterocycles. The maximum absolute atomic E-state index is 3.91. The van der Waals surface area contributed by atoms with E-state index >= 15 is 0 Å². The molecule has 1 nitrogen and oxygen atoms in total. The van der Waals surface area contributed by atoms with Crippen molar-refractivity contribution in [1.82, 2.24) is 5.32 Å². The molecule has 1 aromatic rings. The number of nitrogens with one attached hydrogen (secondary N) is 1. The quantitative estimate of drug-likeness (QED) is 0.806. The highest BCUT2D eigenvalue weighted by Crippen LogP contribution is 2.59. The van der Waals surface area contributed by atoms with Crippen LogP contribution in [0.15, 0.2) is 11.4 Å². The highest BCUT2D eigenvalue weighted by molar-refractivity contribution is 7.10. The third-order valence-corrected chi connectivity index (χ3v) is 5.38. The van der Waals surface area contributed by atoms with Gasteiger partial charge in [-0.15, -0.1) is 11.3 Å². The van der Waals surface area contributed by atoms with Gasteiger partial charge in [0.05, 0.1) is 5.54 Å². The summed E-state index contributed by atoms with van der Waals surface area (Å²) in [5.74, 6) is 1.91. The molecule has 0 unspecified atom stereocenters. The van der Waals surface area contributed by atoms with Crippen molar-refractivity contribution < 1.29 is 0 Å². The van der Waals surface area contributed by atoms with E-state index in [1.807, 2.05) is 11.3 Å². The molecule has 3 aliphatic rings. The molecule has 2 heterocycles. The SMILES string of the molecule is c1cc2c(s1)CCNC2(C1CC1)C1CC1. The molecule has 2 saturated carbocycles. The molecule has 80 valence electrons. The smallest absolute Gasteiger partial charge is 0.0502 e. The first-order valence-corrected chi connectivity index (χ1v) is 7.11. The van der Waals surface area contributed by atoms with Gasteiger partial charge in [-0.25, -0.2) is 0 Å². The summed E-state index contributed by atoms with van der Waals surface area (Å²) in [6.45, 7) is 1.21. The van der Waals surface area contributed by atoms with Gasteiger partial charge in [0.1, 0.15) is 0 Å². The van der Waals surface area contributed by atoms with Crippen LogP contribution in [0, 0.1) is 11.8 Å². The van der Waals surface area contributed by atoms with Crippen molar-refractivity contribution >= 4 is 11.3 Å². The Hall–Kier alpha value is -0.340. The van der Waals surface area contributed by atoms with E-state index in [1.54, 1.807) is 10.4 Å². The summed E-state index contributed by atoms with van der Waals surface area (Å²) in [5.41, 5.74) is 2.11. The van der Waals surface area contributed by atoms with Crippen LogP contribution in [0.3, 0.4) is 0 Å². The van der Waals surface area contributed by atoms with Crippen molar-refractivity contribution in [2.24, 2.45) is 11.8 Å². The molecule has 0 atom stereocenters. The highest BCUT2D eigenvalue weighted by Gasteiger charge is 2.56. The van der Waals surface area contributed by atoms with Crippen LogP contribution in [0.5, 0.6) is 0 Å². The molecular weight excluding hydrogens is 202 g/mol. The van der Waals surface area contributed by atoms with E-state index < -0.39 is 0 Å². The predicted molar refractivity (Wildman–Crippen MR) is 63.2 cm³/mol. The van der Waals surface area contributed by atoms with Gasteiger partial charge in [0.25, 0.3) is 0 Å². The summed E-state index contributed by atoms with van der Waals surface area (Å²) in [6, 6.07) is 2.41. The average Bonchev–Trinajstić information content (AvgIpc) is 3.13. The van der Waals surface area contributed by atoms with Crippen LogP contribution in [0.4, 0.5) is 0 Å². The van der Waals surface area contributed by atoms with E-state index in [4.69, 9.17) is 0 Å². The Kier molecular flexibility index (Phi) is 1.67. The van der Waals surface area contributed by atoms with Crippen molar-refractivity contribution in [2.45, 2.75) is 37.6 Å². The lowest BCUT2D eigenvalue weighted by Gasteiger charge is -2.40. The standard InChI is InChI=1S/C13H17NS/c1-2-9(1)13(10-3-4-10)11-6-8-15-12(11)5-7-14-13/h6,8-10,14H,1-5,7H2. The van der Waals surface area contributed by atoms with Crippen LogP contribution in [-0.2, 0) is 12.0 Å². The minimum atomic E-state index is 0.424. The van der Waals surface area contributed by atoms with E-state index in [-0.39, 0.29) is 0 Å². The van der Waals surface area contributed by atoms with Gasteiger partial charge in [-0.3, -0.25) is 0 Å². The second-order valence-electron chi connectivity index (χ2n) is 5.35. The van der Waals surface area contributed by atoms with E-state index in [0.717, 1.165) is 11.8 Å². The monoisotopic (exact) mass is 219 g/mol. The number of rotatable bonds is 2. The molecule has 0 spiro atoms. The van der Waals surface area contributed by atoms with Gasteiger partial charge in [-0.05, 0) is 60.9 Å². The molecule has 1 N–H and O–H groups in total. The minimum Gasteiger partial charge on any atom is -0.307 e. The number of thiophene rings is 1. The van der Waals surface area contributed by atoms with Crippen molar-refractivity contribution in [2.75, 3.05) is 6.54 Å². The van der Waals surface area contributed by atoms with Gasteiger partial charge in [0, 0.05) is 11.4 Å². The lowest BCUT2D eigenvalue weighted by molar-refractivity contribution is 0.234. The van der Waals surface area contributed by atoms with Crippen LogP contribution < -0.4 is 5.32 Å². The molecule has 2 heteroatoms. The summed E-state index contributed by atoms with van der Waals surface area (Å²) in [7, 11) is 0. The zero-order valence-electron chi connectivity index (χ0n) is 8.96. The van der Waals surface area contributed by atoms with Gasteiger partial charge in [-0.2, -0.15) is 0 Å². The van der Waals surface area contributed by atoms with Crippen LogP contribution in [-0.4, -0.2) is 6.54 Å². The fraction of sp³-hybridized carbons (Fsp3) is 0.692. The van der Waals surface area contributed by atoms with E-state index in [1.165, 1.54) is 38.6 Å². The Morgan fingerprint density at radius 1 is 1.20 bits per heavy atom. The maximum atomic E-state index is 3.91. The van der Waals surface area contributed by atoms with Gasteiger partial charge in [0.2, 0.25) is 0 Å². The van der Waals surface area contributed by atoms with Gasteiger partial charge in [0.15, 0.2) is 0 Å². The first-order valence-electron chi connectivity index (χ1n) is 6.23. The molecule has 2 aliphatic carbocycles. The molecule has 0 bridgehead atoms. The van der Waals surface area contributed by atoms with E-state index in [0.29, 0.717) is 5.54 Å². The normalized spacial score (nSPS) is 28.8. The Morgan fingerprint density at radius 3 is 2.60 bits per heavy atom. The lowest BCUT2D eigenvalue weighted by Crippen LogP contribution is -2.50. The third-order valence-electron chi connectivity index (χ3n) is 4.40. The summed E-state index contributed by atoms with van der Waals surface area (Å²) in [6.07, 6.45) is 7.09. The highest BCUT2D eigenvalue weighted by atomic mass is 32.1. The predicted octanol–water partition coefficient (Wildman–Crippen LogP) is 2.91. The zero-order valence-corrected chi connectivity index (χ0v) is 9.78. The maximum Gasteiger partial charge on any atom is 0.0502 e. The van der Waals surface area contributed by atoms with Gasteiger partial charge < -0.3 is 5.32 Å². The summed E-state index contributed by atoms with van der Waals surface area (Å²) < 4.78 is 0.